The van der Waals surface area contributed by atoms with E-state index < -0.39 is 18.0 Å². The van der Waals surface area contributed by atoms with Crippen LogP contribution in [0.25, 0.3) is 0 Å². The zero-order valence-electron chi connectivity index (χ0n) is 18.2. The molecule has 0 aliphatic heterocycles. The van der Waals surface area contributed by atoms with Crippen LogP contribution in [-0.4, -0.2) is 77.6 Å². The fourth-order valence-electron chi connectivity index (χ4n) is 3.51. The summed E-state index contributed by atoms with van der Waals surface area (Å²) in [6.45, 7) is 1.70. The normalized spacial score (nSPS) is 15.8. The molecule has 2 rings (SSSR count). The number of aliphatic hydroxyl groups is 1. The van der Waals surface area contributed by atoms with Gasteiger partial charge in [0.1, 0.15) is 18.5 Å². The number of likely N-dealkylation sites (N-methyl/N-ethyl adjacent to an activating group) is 1. The Kier molecular flexibility index (Phi) is 11.6. The van der Waals surface area contributed by atoms with Gasteiger partial charge in [-0.2, -0.15) is 5.26 Å². The van der Waals surface area contributed by atoms with E-state index in [2.05, 4.69) is 30.4 Å². The first-order chi connectivity index (χ1) is 14.7. The summed E-state index contributed by atoms with van der Waals surface area (Å²) >= 11 is 0. The Bertz CT molecular complexity index is 712. The molecule has 1 unspecified atom stereocenters. The number of carboxylic acid groups (broad SMARTS) is 2. The first kappa shape index (κ1) is 26.4. The number of hydrogen-bond donors (Lipinski definition) is 4. The van der Waals surface area contributed by atoms with E-state index in [0.717, 1.165) is 17.9 Å². The molecular weight excluding hydrogens is 402 g/mol. The monoisotopic (exact) mass is 435 g/mol. The molecule has 1 aliphatic rings. The zero-order chi connectivity index (χ0) is 23.3. The number of benzene rings is 1. The molecule has 1 aliphatic carbocycles. The minimum absolute atomic E-state index is 0.218. The van der Waals surface area contributed by atoms with Gasteiger partial charge in [0.25, 0.3) is 0 Å². The highest BCUT2D eigenvalue weighted by Gasteiger charge is 2.33. The predicted octanol–water partition coefficient (Wildman–Crippen LogP) is 1.50. The molecule has 9 nitrogen and oxygen atoms in total. The maximum absolute atomic E-state index is 10.2. The van der Waals surface area contributed by atoms with Crippen LogP contribution in [0.3, 0.4) is 0 Å². The van der Waals surface area contributed by atoms with Crippen LogP contribution < -0.4 is 10.1 Å². The number of ether oxygens (including phenoxy) is 1. The zero-order valence-corrected chi connectivity index (χ0v) is 18.2. The molecule has 1 atom stereocenters. The number of hydrogen-bond acceptors (Lipinski definition) is 7. The highest BCUT2D eigenvalue weighted by Crippen LogP contribution is 2.31. The molecule has 1 aromatic rings. The van der Waals surface area contributed by atoms with E-state index in [1.165, 1.54) is 32.1 Å². The van der Waals surface area contributed by atoms with Gasteiger partial charge in [-0.1, -0.05) is 31.4 Å². The topological polar surface area (TPSA) is 143 Å². The first-order valence-electron chi connectivity index (χ1n) is 10.3. The van der Waals surface area contributed by atoms with Gasteiger partial charge in [-0.3, -0.25) is 0 Å². The highest BCUT2D eigenvalue weighted by atomic mass is 16.5. The van der Waals surface area contributed by atoms with Crippen molar-refractivity contribution in [3.63, 3.8) is 0 Å². The summed E-state index contributed by atoms with van der Waals surface area (Å²) in [7, 11) is 4.31. The summed E-state index contributed by atoms with van der Waals surface area (Å²) in [5.74, 6) is -2.93. The SMILES string of the molecule is CN(C)C1(CNCC(O)COc2ccc(CC#N)cc2)CCCCC1.O=C(O)C(=O)O. The number of rotatable bonds is 9. The van der Waals surface area contributed by atoms with Gasteiger partial charge >= 0.3 is 11.9 Å². The van der Waals surface area contributed by atoms with Crippen molar-refractivity contribution in [2.24, 2.45) is 0 Å². The van der Waals surface area contributed by atoms with Gasteiger partial charge in [-0.05, 0) is 44.6 Å². The van der Waals surface area contributed by atoms with Crippen molar-refractivity contribution in [1.29, 1.82) is 5.26 Å². The number of aliphatic carboxylic acids is 2. The molecule has 4 N–H and O–H groups in total. The first-order valence-corrected chi connectivity index (χ1v) is 10.3. The lowest BCUT2D eigenvalue weighted by atomic mass is 9.80. The highest BCUT2D eigenvalue weighted by molar-refractivity contribution is 6.27. The van der Waals surface area contributed by atoms with E-state index in [1.807, 2.05) is 24.3 Å². The molecule has 0 spiro atoms. The lowest BCUT2D eigenvalue weighted by Gasteiger charge is -2.43. The summed E-state index contributed by atoms with van der Waals surface area (Å²) in [6, 6.07) is 9.57. The van der Waals surface area contributed by atoms with Crippen LogP contribution in [0, 0.1) is 11.3 Å². The van der Waals surface area contributed by atoms with Gasteiger partial charge in [0.2, 0.25) is 0 Å². The molecular formula is C22H33N3O6. The number of nitrogens with zero attached hydrogens (tertiary/aromatic N) is 2. The Hall–Kier alpha value is -2.67. The molecule has 0 saturated heterocycles. The maximum Gasteiger partial charge on any atom is 0.414 e. The lowest BCUT2D eigenvalue weighted by Crippen LogP contribution is -2.53. The van der Waals surface area contributed by atoms with Crippen molar-refractivity contribution in [3.8, 4) is 11.8 Å². The molecule has 0 aromatic heterocycles. The molecule has 172 valence electrons. The minimum Gasteiger partial charge on any atom is -0.491 e. The average molecular weight is 436 g/mol. The third-order valence-corrected chi connectivity index (χ3v) is 5.40. The fraction of sp³-hybridized carbons (Fsp3) is 0.591. The number of carbonyl (C=O) groups is 2. The Morgan fingerprint density at radius 3 is 2.23 bits per heavy atom. The van der Waals surface area contributed by atoms with Gasteiger partial charge in [-0.15, -0.1) is 0 Å². The van der Waals surface area contributed by atoms with Crippen molar-refractivity contribution in [3.05, 3.63) is 29.8 Å². The quantitative estimate of drug-likeness (QED) is 0.424. The second kappa shape index (κ2) is 13.6. The van der Waals surface area contributed by atoms with E-state index >= 15 is 0 Å². The van der Waals surface area contributed by atoms with Crippen molar-refractivity contribution < 1.29 is 29.6 Å². The summed E-state index contributed by atoms with van der Waals surface area (Å²) < 4.78 is 5.63. The van der Waals surface area contributed by atoms with E-state index in [-0.39, 0.29) is 12.1 Å². The van der Waals surface area contributed by atoms with Crippen molar-refractivity contribution in [2.45, 2.75) is 50.2 Å². The molecule has 1 fully saturated rings. The lowest BCUT2D eigenvalue weighted by molar-refractivity contribution is -0.159. The molecule has 31 heavy (non-hydrogen) atoms. The van der Waals surface area contributed by atoms with Crippen LogP contribution in [0.2, 0.25) is 0 Å². The van der Waals surface area contributed by atoms with Gasteiger partial charge in [0.05, 0.1) is 12.5 Å². The van der Waals surface area contributed by atoms with Crippen molar-refractivity contribution in [2.75, 3.05) is 33.8 Å². The number of nitrogens with one attached hydrogen (secondary N) is 1. The van der Waals surface area contributed by atoms with Crippen LogP contribution in [0.5, 0.6) is 5.75 Å². The number of aliphatic hydroxyl groups excluding tert-OH is 1. The predicted molar refractivity (Wildman–Crippen MR) is 115 cm³/mol. The van der Waals surface area contributed by atoms with Crippen LogP contribution in [-0.2, 0) is 16.0 Å². The Morgan fingerprint density at radius 1 is 1.16 bits per heavy atom. The molecule has 0 heterocycles. The van der Waals surface area contributed by atoms with Crippen LogP contribution in [0.4, 0.5) is 0 Å². The summed E-state index contributed by atoms with van der Waals surface area (Å²) in [5.41, 5.74) is 1.19. The molecule has 1 aromatic carbocycles. The van der Waals surface area contributed by atoms with Gasteiger partial charge in [-0.25, -0.2) is 9.59 Å². The van der Waals surface area contributed by atoms with E-state index in [9.17, 15) is 5.11 Å². The summed E-state index contributed by atoms with van der Waals surface area (Å²) in [5, 5.41) is 37.0. The van der Waals surface area contributed by atoms with E-state index in [1.54, 1.807) is 0 Å². The summed E-state index contributed by atoms with van der Waals surface area (Å²) in [4.78, 5) is 20.5. The summed E-state index contributed by atoms with van der Waals surface area (Å²) in [6.07, 6.45) is 6.20. The van der Waals surface area contributed by atoms with Crippen molar-refractivity contribution in [1.82, 2.24) is 10.2 Å². The molecule has 0 amide bonds. The maximum atomic E-state index is 10.2. The van der Waals surface area contributed by atoms with E-state index in [0.29, 0.717) is 13.0 Å². The van der Waals surface area contributed by atoms with Crippen LogP contribution in [0.1, 0.15) is 37.7 Å². The largest absolute Gasteiger partial charge is 0.491 e. The Morgan fingerprint density at radius 2 is 1.74 bits per heavy atom. The van der Waals surface area contributed by atoms with Gasteiger partial charge < -0.3 is 30.3 Å². The third-order valence-electron chi connectivity index (χ3n) is 5.40. The smallest absolute Gasteiger partial charge is 0.414 e. The molecule has 1 saturated carbocycles. The van der Waals surface area contributed by atoms with Crippen molar-refractivity contribution >= 4 is 11.9 Å². The number of carboxylic acids is 2. The average Bonchev–Trinajstić information content (AvgIpc) is 2.74. The number of nitriles is 1. The van der Waals surface area contributed by atoms with Gasteiger partial charge in [0, 0.05) is 18.6 Å². The molecule has 0 radical (unpaired) electrons. The Labute approximate surface area is 183 Å². The standard InChI is InChI=1S/C20H31N3O2.C2H2O4/c1-23(2)20(11-4-3-5-12-20)16-22-14-18(24)15-25-19-8-6-17(7-9-19)10-13-21;3-1(4)2(5)6/h6-9,18,22,24H,3-5,10-12,14-16H2,1-2H3;(H,3,4)(H,5,6). The van der Waals surface area contributed by atoms with Gasteiger partial charge in [0.15, 0.2) is 0 Å². The molecule has 0 bridgehead atoms. The second-order valence-electron chi connectivity index (χ2n) is 7.86. The van der Waals surface area contributed by atoms with Crippen LogP contribution in [0.15, 0.2) is 24.3 Å². The van der Waals surface area contributed by atoms with Crippen LogP contribution >= 0.6 is 0 Å². The minimum atomic E-state index is -1.82. The molecule has 9 heteroatoms. The fourth-order valence-corrected chi connectivity index (χ4v) is 3.51. The third kappa shape index (κ3) is 9.79. The van der Waals surface area contributed by atoms with E-state index in [4.69, 9.17) is 29.8 Å². The second-order valence-corrected chi connectivity index (χ2v) is 7.86. The Balaban J connectivity index is 0.000000703.